The minimum Gasteiger partial charge on any atom is -0.369 e. The zero-order chi connectivity index (χ0) is 17.3. The number of aliphatic imine (C=N–C) groups is 1. The van der Waals surface area contributed by atoms with Crippen LogP contribution in [0.25, 0.3) is 22.2 Å². The highest BCUT2D eigenvalue weighted by molar-refractivity contribution is 6.39. The SMILES string of the molecule is Cc1ncc2cc(-c3c(Cl)cccc3Cl)c(N=CN(C)C)nc2n1. The standard InChI is InChI=1S/C17H15Cl2N5/c1-10-20-8-11-7-12(15-13(18)5-4-6-14(15)19)17(21-9-24(2)3)23-16(11)22-10/h4-9H,1-3H3. The third kappa shape index (κ3) is 3.32. The first-order valence-corrected chi connectivity index (χ1v) is 8.00. The number of pyridine rings is 1. The molecule has 5 nitrogen and oxygen atoms in total. The van der Waals surface area contributed by atoms with Crippen LogP contribution in [0.3, 0.4) is 0 Å². The van der Waals surface area contributed by atoms with Gasteiger partial charge in [-0.3, -0.25) is 0 Å². The van der Waals surface area contributed by atoms with Crippen molar-refractivity contribution in [3.8, 4) is 11.1 Å². The van der Waals surface area contributed by atoms with E-state index in [1.54, 1.807) is 30.7 Å². The molecule has 0 saturated carbocycles. The number of benzene rings is 1. The number of nitrogens with zero attached hydrogens (tertiary/aromatic N) is 5. The molecule has 0 spiro atoms. The van der Waals surface area contributed by atoms with E-state index < -0.39 is 0 Å². The lowest BCUT2D eigenvalue weighted by Gasteiger charge is -2.11. The summed E-state index contributed by atoms with van der Waals surface area (Å²) >= 11 is 12.7. The molecule has 122 valence electrons. The highest BCUT2D eigenvalue weighted by Gasteiger charge is 2.15. The van der Waals surface area contributed by atoms with Crippen LogP contribution in [-0.2, 0) is 0 Å². The van der Waals surface area contributed by atoms with Crippen LogP contribution in [0.2, 0.25) is 10.0 Å². The van der Waals surface area contributed by atoms with Gasteiger partial charge in [-0.15, -0.1) is 0 Å². The molecule has 0 saturated heterocycles. The predicted octanol–water partition coefficient (Wildman–Crippen LogP) is 4.53. The maximum atomic E-state index is 6.37. The molecule has 3 rings (SSSR count). The lowest BCUT2D eigenvalue weighted by molar-refractivity contribution is 0.643. The van der Waals surface area contributed by atoms with Crippen molar-refractivity contribution < 1.29 is 0 Å². The van der Waals surface area contributed by atoms with Crippen LogP contribution >= 0.6 is 23.2 Å². The zero-order valence-corrected chi connectivity index (χ0v) is 15.0. The summed E-state index contributed by atoms with van der Waals surface area (Å²) in [6.45, 7) is 1.82. The molecular formula is C17H15Cl2N5. The molecule has 0 amide bonds. The maximum Gasteiger partial charge on any atom is 0.165 e. The van der Waals surface area contributed by atoms with Crippen molar-refractivity contribution in [1.29, 1.82) is 0 Å². The quantitative estimate of drug-likeness (QED) is 0.509. The van der Waals surface area contributed by atoms with Gasteiger partial charge in [0.2, 0.25) is 0 Å². The van der Waals surface area contributed by atoms with Gasteiger partial charge in [0, 0.05) is 36.8 Å². The average molecular weight is 360 g/mol. The van der Waals surface area contributed by atoms with Gasteiger partial charge in [-0.25, -0.2) is 19.9 Å². The molecule has 0 aliphatic rings. The second kappa shape index (κ2) is 6.71. The number of halogens is 2. The Morgan fingerprint density at radius 3 is 2.50 bits per heavy atom. The molecule has 1 aromatic carbocycles. The molecule has 0 bridgehead atoms. The van der Waals surface area contributed by atoms with Crippen molar-refractivity contribution >= 4 is 46.4 Å². The summed E-state index contributed by atoms with van der Waals surface area (Å²) in [5.41, 5.74) is 2.02. The van der Waals surface area contributed by atoms with Gasteiger partial charge in [0.25, 0.3) is 0 Å². The number of rotatable bonds is 3. The Morgan fingerprint density at radius 2 is 1.83 bits per heavy atom. The Balaban J connectivity index is 2.32. The fourth-order valence-corrected chi connectivity index (χ4v) is 2.85. The first kappa shape index (κ1) is 16.6. The van der Waals surface area contributed by atoms with Gasteiger partial charge < -0.3 is 4.90 Å². The first-order valence-electron chi connectivity index (χ1n) is 7.25. The molecule has 24 heavy (non-hydrogen) atoms. The van der Waals surface area contributed by atoms with E-state index in [9.17, 15) is 0 Å². The van der Waals surface area contributed by atoms with Crippen molar-refractivity contribution in [1.82, 2.24) is 19.9 Å². The number of aryl methyl sites for hydroxylation is 1. The summed E-state index contributed by atoms with van der Waals surface area (Å²) in [6, 6.07) is 7.30. The van der Waals surface area contributed by atoms with Crippen LogP contribution in [0.5, 0.6) is 0 Å². The predicted molar refractivity (Wildman–Crippen MR) is 99.4 cm³/mol. The summed E-state index contributed by atoms with van der Waals surface area (Å²) in [7, 11) is 3.78. The minimum atomic E-state index is 0.504. The molecule has 0 unspecified atom stereocenters. The summed E-state index contributed by atoms with van der Waals surface area (Å²) in [5.74, 6) is 1.16. The number of fused-ring (bicyclic) bond motifs is 1. The molecule has 2 heterocycles. The van der Waals surface area contributed by atoms with Crippen LogP contribution in [0.1, 0.15) is 5.82 Å². The Bertz CT molecular complexity index is 917. The van der Waals surface area contributed by atoms with E-state index in [1.165, 1.54) is 0 Å². The highest BCUT2D eigenvalue weighted by Crippen LogP contribution is 2.40. The Hall–Kier alpha value is -2.24. The molecule has 0 radical (unpaired) electrons. The van der Waals surface area contributed by atoms with Crippen LogP contribution in [0.4, 0.5) is 5.82 Å². The Morgan fingerprint density at radius 1 is 1.12 bits per heavy atom. The summed E-state index contributed by atoms with van der Waals surface area (Å²) < 4.78 is 0. The first-order chi connectivity index (χ1) is 11.5. The third-order valence-electron chi connectivity index (χ3n) is 3.31. The smallest absolute Gasteiger partial charge is 0.165 e. The van der Waals surface area contributed by atoms with Gasteiger partial charge in [-0.05, 0) is 25.1 Å². The van der Waals surface area contributed by atoms with E-state index in [0.717, 1.165) is 10.9 Å². The van der Waals surface area contributed by atoms with Crippen molar-refractivity contribution in [3.05, 3.63) is 46.3 Å². The second-order valence-electron chi connectivity index (χ2n) is 5.49. The molecule has 0 N–H and O–H groups in total. The second-order valence-corrected chi connectivity index (χ2v) is 6.31. The van der Waals surface area contributed by atoms with Crippen molar-refractivity contribution in [3.63, 3.8) is 0 Å². The van der Waals surface area contributed by atoms with Crippen molar-refractivity contribution in [2.24, 2.45) is 4.99 Å². The Labute approximate surface area is 150 Å². The Kier molecular flexibility index (Phi) is 4.64. The van der Waals surface area contributed by atoms with E-state index in [4.69, 9.17) is 23.2 Å². The maximum absolute atomic E-state index is 6.37. The fourth-order valence-electron chi connectivity index (χ4n) is 2.25. The van der Waals surface area contributed by atoms with Crippen LogP contribution in [0.15, 0.2) is 35.5 Å². The molecule has 0 fully saturated rings. The topological polar surface area (TPSA) is 54.3 Å². The lowest BCUT2D eigenvalue weighted by atomic mass is 10.1. The monoisotopic (exact) mass is 359 g/mol. The van der Waals surface area contributed by atoms with E-state index in [2.05, 4.69) is 19.9 Å². The highest BCUT2D eigenvalue weighted by atomic mass is 35.5. The van der Waals surface area contributed by atoms with Gasteiger partial charge in [-0.1, -0.05) is 29.3 Å². The summed E-state index contributed by atoms with van der Waals surface area (Å²) in [4.78, 5) is 19.5. The summed E-state index contributed by atoms with van der Waals surface area (Å²) in [5, 5.41) is 1.88. The zero-order valence-electron chi connectivity index (χ0n) is 13.5. The van der Waals surface area contributed by atoms with Gasteiger partial charge in [0.1, 0.15) is 5.82 Å². The number of hydrogen-bond acceptors (Lipinski definition) is 4. The fraction of sp³-hybridized carbons (Fsp3) is 0.176. The van der Waals surface area contributed by atoms with Gasteiger partial charge in [0.15, 0.2) is 11.5 Å². The average Bonchev–Trinajstić information content (AvgIpc) is 2.52. The van der Waals surface area contributed by atoms with Gasteiger partial charge >= 0.3 is 0 Å². The van der Waals surface area contributed by atoms with E-state index in [0.29, 0.717) is 32.9 Å². The van der Waals surface area contributed by atoms with Gasteiger partial charge in [0.05, 0.1) is 16.4 Å². The molecule has 0 aliphatic heterocycles. The van der Waals surface area contributed by atoms with E-state index in [-0.39, 0.29) is 0 Å². The molecule has 0 atom stereocenters. The lowest BCUT2D eigenvalue weighted by Crippen LogP contribution is -2.07. The molecule has 2 aromatic heterocycles. The van der Waals surface area contributed by atoms with E-state index in [1.807, 2.05) is 32.0 Å². The largest absolute Gasteiger partial charge is 0.369 e. The summed E-state index contributed by atoms with van der Waals surface area (Å²) in [6.07, 6.45) is 3.41. The third-order valence-corrected chi connectivity index (χ3v) is 3.94. The molecular weight excluding hydrogens is 345 g/mol. The van der Waals surface area contributed by atoms with Crippen LogP contribution in [-0.4, -0.2) is 40.3 Å². The molecule has 7 heteroatoms. The van der Waals surface area contributed by atoms with Crippen LogP contribution < -0.4 is 0 Å². The normalized spacial score (nSPS) is 11.4. The van der Waals surface area contributed by atoms with E-state index >= 15 is 0 Å². The van der Waals surface area contributed by atoms with Gasteiger partial charge in [-0.2, -0.15) is 0 Å². The minimum absolute atomic E-state index is 0.504. The van der Waals surface area contributed by atoms with Crippen molar-refractivity contribution in [2.75, 3.05) is 14.1 Å². The van der Waals surface area contributed by atoms with Crippen LogP contribution in [0, 0.1) is 6.92 Å². The van der Waals surface area contributed by atoms with Crippen molar-refractivity contribution in [2.45, 2.75) is 6.92 Å². The number of hydrogen-bond donors (Lipinski definition) is 0. The molecule has 0 aliphatic carbocycles. The number of aromatic nitrogens is 3. The molecule has 3 aromatic rings.